The summed E-state index contributed by atoms with van der Waals surface area (Å²) in [5.41, 5.74) is 4.80. The molecular formula is C25H26N4O4S. The van der Waals surface area contributed by atoms with E-state index in [0.717, 1.165) is 16.9 Å². The second kappa shape index (κ2) is 9.56. The molecule has 0 aliphatic heterocycles. The van der Waals surface area contributed by atoms with Gasteiger partial charge in [0.1, 0.15) is 18.0 Å². The van der Waals surface area contributed by atoms with Crippen LogP contribution in [0.25, 0.3) is 5.65 Å². The number of hydrogen-bond donors (Lipinski definition) is 2. The van der Waals surface area contributed by atoms with E-state index in [4.69, 9.17) is 4.74 Å². The number of carbonyl (C=O) groups is 1. The largest absolute Gasteiger partial charge is 0.486 e. The standard InChI is InChI=1S/C25H26N4O4S/c1-4-34(31,32)28-22-12-11-19(14-18(22)3)27-25(30)21-9-5-6-10-23(21)33-16-20-15-29-13-7-8-17(2)24(29)26-20/h5-15,28H,4,16H2,1-3H3,(H,27,30). The molecule has 0 fully saturated rings. The van der Waals surface area contributed by atoms with Crippen molar-refractivity contribution in [3.63, 3.8) is 0 Å². The van der Waals surface area contributed by atoms with Crippen LogP contribution in [0.5, 0.6) is 5.75 Å². The first-order valence-electron chi connectivity index (χ1n) is 10.8. The lowest BCUT2D eigenvalue weighted by molar-refractivity contribution is 0.102. The number of fused-ring (bicyclic) bond motifs is 1. The summed E-state index contributed by atoms with van der Waals surface area (Å²) in [5.74, 6) is 0.0940. The molecule has 4 aromatic rings. The van der Waals surface area contributed by atoms with E-state index in [1.807, 2.05) is 35.9 Å². The lowest BCUT2D eigenvalue weighted by Crippen LogP contribution is -2.16. The Morgan fingerprint density at radius 1 is 1.06 bits per heavy atom. The fourth-order valence-corrected chi connectivity index (χ4v) is 4.21. The number of ether oxygens (including phenoxy) is 1. The van der Waals surface area contributed by atoms with Gasteiger partial charge >= 0.3 is 0 Å². The van der Waals surface area contributed by atoms with Gasteiger partial charge in [0.05, 0.1) is 22.7 Å². The minimum atomic E-state index is -3.38. The minimum Gasteiger partial charge on any atom is -0.486 e. The molecule has 0 aliphatic rings. The lowest BCUT2D eigenvalue weighted by atomic mass is 10.1. The van der Waals surface area contributed by atoms with E-state index in [-0.39, 0.29) is 18.3 Å². The molecule has 2 aromatic carbocycles. The van der Waals surface area contributed by atoms with Crippen molar-refractivity contribution >= 4 is 33.0 Å². The summed E-state index contributed by atoms with van der Waals surface area (Å²) < 4.78 is 34.1. The van der Waals surface area contributed by atoms with E-state index >= 15 is 0 Å². The van der Waals surface area contributed by atoms with Crippen LogP contribution in [0.1, 0.15) is 34.1 Å². The maximum absolute atomic E-state index is 13.0. The first-order chi connectivity index (χ1) is 16.3. The number of rotatable bonds is 8. The number of amides is 1. The van der Waals surface area contributed by atoms with E-state index < -0.39 is 10.0 Å². The van der Waals surface area contributed by atoms with E-state index in [9.17, 15) is 13.2 Å². The van der Waals surface area contributed by atoms with Crippen molar-refractivity contribution in [2.75, 3.05) is 15.8 Å². The molecule has 0 radical (unpaired) electrons. The maximum Gasteiger partial charge on any atom is 0.259 e. The average molecular weight is 479 g/mol. The van der Waals surface area contributed by atoms with Gasteiger partial charge < -0.3 is 14.5 Å². The Kier molecular flexibility index (Phi) is 6.56. The highest BCUT2D eigenvalue weighted by molar-refractivity contribution is 7.92. The predicted octanol–water partition coefficient (Wildman–Crippen LogP) is 4.54. The first-order valence-corrected chi connectivity index (χ1v) is 12.5. The average Bonchev–Trinajstić information content (AvgIpc) is 3.24. The van der Waals surface area contributed by atoms with Crippen LogP contribution < -0.4 is 14.8 Å². The van der Waals surface area contributed by atoms with Crippen LogP contribution in [0.4, 0.5) is 11.4 Å². The van der Waals surface area contributed by atoms with Crippen molar-refractivity contribution in [1.82, 2.24) is 9.38 Å². The summed E-state index contributed by atoms with van der Waals surface area (Å²) in [6, 6.07) is 16.0. The molecule has 9 heteroatoms. The molecule has 2 N–H and O–H groups in total. The summed E-state index contributed by atoms with van der Waals surface area (Å²) >= 11 is 0. The number of aromatic nitrogens is 2. The van der Waals surface area contributed by atoms with E-state index in [0.29, 0.717) is 28.3 Å². The molecule has 0 unspecified atom stereocenters. The Labute approximate surface area is 198 Å². The molecule has 0 aliphatic carbocycles. The van der Waals surface area contributed by atoms with E-state index in [1.165, 1.54) is 0 Å². The third kappa shape index (κ3) is 5.20. The van der Waals surface area contributed by atoms with Crippen LogP contribution in [-0.4, -0.2) is 29.5 Å². The predicted molar refractivity (Wildman–Crippen MR) is 133 cm³/mol. The van der Waals surface area contributed by atoms with Gasteiger partial charge in [-0.3, -0.25) is 9.52 Å². The molecule has 176 valence electrons. The smallest absolute Gasteiger partial charge is 0.259 e. The molecule has 0 bridgehead atoms. The summed E-state index contributed by atoms with van der Waals surface area (Å²) in [4.78, 5) is 17.6. The van der Waals surface area contributed by atoms with Gasteiger partial charge in [0.15, 0.2) is 0 Å². The van der Waals surface area contributed by atoms with Gasteiger partial charge in [0.2, 0.25) is 10.0 Å². The molecule has 34 heavy (non-hydrogen) atoms. The number of pyridine rings is 1. The topological polar surface area (TPSA) is 102 Å². The molecule has 4 rings (SSSR count). The fraction of sp³-hybridized carbons (Fsp3) is 0.200. The molecule has 0 atom stereocenters. The monoisotopic (exact) mass is 478 g/mol. The summed E-state index contributed by atoms with van der Waals surface area (Å²) in [5, 5.41) is 2.85. The summed E-state index contributed by atoms with van der Waals surface area (Å²) in [7, 11) is -3.38. The number of benzene rings is 2. The number of nitrogens with one attached hydrogen (secondary N) is 2. The van der Waals surface area contributed by atoms with E-state index in [1.54, 1.807) is 56.3 Å². The van der Waals surface area contributed by atoms with Gasteiger partial charge in [0, 0.05) is 18.1 Å². The molecule has 8 nitrogen and oxygen atoms in total. The van der Waals surface area contributed by atoms with Crippen LogP contribution in [0.15, 0.2) is 67.0 Å². The van der Waals surface area contributed by atoms with Gasteiger partial charge in [-0.1, -0.05) is 18.2 Å². The number of imidazole rings is 1. The lowest BCUT2D eigenvalue weighted by Gasteiger charge is -2.13. The zero-order valence-corrected chi connectivity index (χ0v) is 20.0. The first kappa shape index (κ1) is 23.3. The van der Waals surface area contributed by atoms with Crippen LogP contribution in [0.3, 0.4) is 0 Å². The van der Waals surface area contributed by atoms with Gasteiger partial charge in [-0.2, -0.15) is 0 Å². The van der Waals surface area contributed by atoms with Crippen LogP contribution in [-0.2, 0) is 16.6 Å². The minimum absolute atomic E-state index is 0.0176. The molecule has 2 aromatic heterocycles. The van der Waals surface area contributed by atoms with Crippen molar-refractivity contribution in [2.45, 2.75) is 27.4 Å². The third-order valence-electron chi connectivity index (χ3n) is 5.36. The Morgan fingerprint density at radius 3 is 2.59 bits per heavy atom. The van der Waals surface area contributed by atoms with Gasteiger partial charge in [-0.05, 0) is 68.3 Å². The summed E-state index contributed by atoms with van der Waals surface area (Å²) in [6.07, 6.45) is 3.84. The van der Waals surface area contributed by atoms with Crippen LogP contribution in [0, 0.1) is 13.8 Å². The van der Waals surface area contributed by atoms with Gasteiger partial charge in [-0.15, -0.1) is 0 Å². The van der Waals surface area contributed by atoms with Crippen molar-refractivity contribution in [1.29, 1.82) is 0 Å². The Balaban J connectivity index is 1.48. The molecular weight excluding hydrogens is 452 g/mol. The molecule has 0 saturated heterocycles. The zero-order valence-electron chi connectivity index (χ0n) is 19.2. The van der Waals surface area contributed by atoms with Crippen molar-refractivity contribution in [3.8, 4) is 5.75 Å². The highest BCUT2D eigenvalue weighted by Crippen LogP contribution is 2.24. The maximum atomic E-state index is 13.0. The highest BCUT2D eigenvalue weighted by atomic mass is 32.2. The van der Waals surface area contributed by atoms with Gasteiger partial charge in [0.25, 0.3) is 5.91 Å². The second-order valence-electron chi connectivity index (χ2n) is 7.93. The number of anilines is 2. The van der Waals surface area contributed by atoms with Crippen LogP contribution in [0.2, 0.25) is 0 Å². The van der Waals surface area contributed by atoms with E-state index in [2.05, 4.69) is 15.0 Å². The molecule has 0 saturated carbocycles. The van der Waals surface area contributed by atoms with Gasteiger partial charge in [-0.25, -0.2) is 13.4 Å². The fourth-order valence-electron chi connectivity index (χ4n) is 3.50. The normalized spacial score (nSPS) is 11.4. The Bertz CT molecular complexity index is 1460. The van der Waals surface area contributed by atoms with Crippen molar-refractivity contribution in [2.24, 2.45) is 0 Å². The zero-order chi connectivity index (χ0) is 24.3. The number of hydrogen-bond acceptors (Lipinski definition) is 5. The Hall–Kier alpha value is -3.85. The number of para-hydroxylation sites is 1. The number of carbonyl (C=O) groups excluding carboxylic acids is 1. The number of aryl methyl sites for hydroxylation is 2. The molecule has 0 spiro atoms. The third-order valence-corrected chi connectivity index (χ3v) is 6.66. The molecule has 2 heterocycles. The quantitative estimate of drug-likeness (QED) is 0.387. The summed E-state index contributed by atoms with van der Waals surface area (Å²) in [6.45, 7) is 5.56. The molecule has 1 amide bonds. The Morgan fingerprint density at radius 2 is 1.85 bits per heavy atom. The number of sulfonamides is 1. The highest BCUT2D eigenvalue weighted by Gasteiger charge is 2.15. The van der Waals surface area contributed by atoms with Crippen molar-refractivity contribution in [3.05, 3.63) is 89.4 Å². The second-order valence-corrected chi connectivity index (χ2v) is 9.94. The van der Waals surface area contributed by atoms with Crippen LogP contribution >= 0.6 is 0 Å². The SMILES string of the molecule is CCS(=O)(=O)Nc1ccc(NC(=O)c2ccccc2OCc2cn3cccc(C)c3n2)cc1C. The number of nitrogens with zero attached hydrogens (tertiary/aromatic N) is 2. The van der Waals surface area contributed by atoms with Crippen molar-refractivity contribution < 1.29 is 17.9 Å².